The summed E-state index contributed by atoms with van der Waals surface area (Å²) >= 11 is 0. The molecule has 27 heavy (non-hydrogen) atoms. The van der Waals surface area contributed by atoms with E-state index in [9.17, 15) is 18.0 Å². The summed E-state index contributed by atoms with van der Waals surface area (Å²) in [6, 6.07) is 5.70. The Labute approximate surface area is 160 Å². The largest absolute Gasteiger partial charge is 0.416 e. The average molecular weight is 401 g/mol. The minimum atomic E-state index is -4.44. The van der Waals surface area contributed by atoms with Crippen molar-refractivity contribution in [3.05, 3.63) is 29.8 Å². The van der Waals surface area contributed by atoms with Crippen LogP contribution in [-0.4, -0.2) is 20.3 Å². The number of nitrogens with one attached hydrogen (secondary N) is 1. The van der Waals surface area contributed by atoms with Crippen molar-refractivity contribution < 1.29 is 22.4 Å². The van der Waals surface area contributed by atoms with Crippen LogP contribution in [0.5, 0.6) is 0 Å². The molecule has 1 aromatic carbocycles. The lowest BCUT2D eigenvalue weighted by Gasteiger charge is -2.41. The van der Waals surface area contributed by atoms with Crippen LogP contribution in [0.4, 0.5) is 18.9 Å². The van der Waals surface area contributed by atoms with E-state index >= 15 is 0 Å². The fourth-order valence-electron chi connectivity index (χ4n) is 2.99. The Morgan fingerprint density at radius 3 is 2.30 bits per heavy atom. The zero-order valence-corrected chi connectivity index (χ0v) is 17.7. The molecule has 0 heterocycles. The van der Waals surface area contributed by atoms with Gasteiger partial charge in [0.2, 0.25) is 5.91 Å². The molecule has 1 N–H and O–H groups in total. The van der Waals surface area contributed by atoms with Gasteiger partial charge in [0, 0.05) is 23.8 Å². The second kappa shape index (κ2) is 7.95. The van der Waals surface area contributed by atoms with Gasteiger partial charge in [0.15, 0.2) is 8.32 Å². The van der Waals surface area contributed by atoms with Crippen LogP contribution >= 0.6 is 0 Å². The highest BCUT2D eigenvalue weighted by molar-refractivity contribution is 6.74. The summed E-state index contributed by atoms with van der Waals surface area (Å²) in [7, 11) is -1.84. The highest BCUT2D eigenvalue weighted by Gasteiger charge is 2.40. The first kappa shape index (κ1) is 22.0. The SMILES string of the molecule is CC(C)(C)[Si](C)(C)OC1CCC(C(=O)Nc2[c]ccc(C(F)(F)F)c2)CC1. The third-order valence-corrected chi connectivity index (χ3v) is 10.2. The van der Waals surface area contributed by atoms with E-state index in [0.29, 0.717) is 12.8 Å². The molecular weight excluding hydrogens is 371 g/mol. The van der Waals surface area contributed by atoms with Gasteiger partial charge in [0.05, 0.1) is 5.56 Å². The fraction of sp³-hybridized carbons (Fsp3) is 0.650. The monoisotopic (exact) mass is 400 g/mol. The van der Waals surface area contributed by atoms with Crippen molar-refractivity contribution in [2.45, 2.75) is 76.9 Å². The van der Waals surface area contributed by atoms with Gasteiger partial charge in [-0.3, -0.25) is 4.79 Å². The molecule has 1 aliphatic rings. The van der Waals surface area contributed by atoms with E-state index in [4.69, 9.17) is 4.43 Å². The average Bonchev–Trinajstić information content (AvgIpc) is 2.53. The maximum Gasteiger partial charge on any atom is 0.416 e. The first-order valence-electron chi connectivity index (χ1n) is 9.37. The quantitative estimate of drug-likeness (QED) is 0.627. The number of halogens is 3. The Morgan fingerprint density at radius 1 is 1.19 bits per heavy atom. The molecule has 0 unspecified atom stereocenters. The van der Waals surface area contributed by atoms with Gasteiger partial charge in [-0.1, -0.05) is 26.8 Å². The number of anilines is 1. The van der Waals surface area contributed by atoms with Gasteiger partial charge in [0.25, 0.3) is 0 Å². The Balaban J connectivity index is 1.90. The normalized spacial score (nSPS) is 21.8. The molecule has 1 radical (unpaired) electrons. The molecule has 151 valence electrons. The summed E-state index contributed by atoms with van der Waals surface area (Å²) in [4.78, 5) is 12.4. The van der Waals surface area contributed by atoms with Crippen LogP contribution in [0.15, 0.2) is 18.2 Å². The van der Waals surface area contributed by atoms with Gasteiger partial charge < -0.3 is 9.74 Å². The van der Waals surface area contributed by atoms with Crippen LogP contribution < -0.4 is 5.32 Å². The van der Waals surface area contributed by atoms with E-state index in [2.05, 4.69) is 45.2 Å². The van der Waals surface area contributed by atoms with Crippen molar-refractivity contribution in [1.29, 1.82) is 0 Å². The van der Waals surface area contributed by atoms with Crippen molar-refractivity contribution in [2.24, 2.45) is 5.92 Å². The molecule has 7 heteroatoms. The van der Waals surface area contributed by atoms with Crippen LogP contribution in [0, 0.1) is 12.0 Å². The summed E-state index contributed by atoms with van der Waals surface area (Å²) < 4.78 is 44.8. The number of alkyl halides is 3. The Bertz CT molecular complexity index is 660. The third kappa shape index (κ3) is 5.81. The fourth-order valence-corrected chi connectivity index (χ4v) is 4.41. The van der Waals surface area contributed by atoms with Crippen molar-refractivity contribution in [3.63, 3.8) is 0 Å². The molecule has 1 aliphatic carbocycles. The van der Waals surface area contributed by atoms with Crippen LogP contribution in [0.2, 0.25) is 18.1 Å². The van der Waals surface area contributed by atoms with Gasteiger partial charge in [-0.05, 0) is 55.9 Å². The van der Waals surface area contributed by atoms with Gasteiger partial charge in [0.1, 0.15) is 0 Å². The smallest absolute Gasteiger partial charge is 0.414 e. The molecule has 0 spiro atoms. The lowest BCUT2D eigenvalue weighted by Crippen LogP contribution is -2.45. The van der Waals surface area contributed by atoms with E-state index in [1.807, 2.05) is 0 Å². The standard InChI is InChI=1S/C20H29F3NO2Si/c1-19(2,3)27(4,5)26-17-11-9-14(10-12-17)18(25)24-16-8-6-7-15(13-16)20(21,22)23/h6-7,13-14,17H,9-12H2,1-5H3,(H,24,25). The van der Waals surface area contributed by atoms with Crippen molar-refractivity contribution in [1.82, 2.24) is 0 Å². The van der Waals surface area contributed by atoms with Gasteiger partial charge >= 0.3 is 6.18 Å². The Morgan fingerprint density at radius 2 is 1.78 bits per heavy atom. The number of carbonyl (C=O) groups excluding carboxylic acids is 1. The first-order valence-corrected chi connectivity index (χ1v) is 12.3. The van der Waals surface area contributed by atoms with Crippen molar-refractivity contribution in [2.75, 3.05) is 5.32 Å². The molecule has 1 fully saturated rings. The van der Waals surface area contributed by atoms with Crippen LogP contribution in [0.25, 0.3) is 0 Å². The van der Waals surface area contributed by atoms with E-state index < -0.39 is 20.1 Å². The topological polar surface area (TPSA) is 38.3 Å². The number of benzene rings is 1. The molecule has 1 aromatic rings. The summed E-state index contributed by atoms with van der Waals surface area (Å²) in [5.41, 5.74) is -0.725. The van der Waals surface area contributed by atoms with Crippen LogP contribution in [0.1, 0.15) is 52.0 Å². The zero-order valence-electron chi connectivity index (χ0n) is 16.7. The molecule has 2 rings (SSSR count). The lowest BCUT2D eigenvalue weighted by atomic mass is 9.87. The second-order valence-electron chi connectivity index (χ2n) is 8.83. The van der Waals surface area contributed by atoms with E-state index in [-0.39, 0.29) is 28.7 Å². The maximum atomic E-state index is 12.8. The molecule has 0 aromatic heterocycles. The highest BCUT2D eigenvalue weighted by atomic mass is 28.4. The maximum absolute atomic E-state index is 12.8. The van der Waals surface area contributed by atoms with Crippen LogP contribution in [0.3, 0.4) is 0 Å². The van der Waals surface area contributed by atoms with E-state index in [0.717, 1.165) is 25.0 Å². The molecule has 0 saturated heterocycles. The minimum absolute atomic E-state index is 0.0643. The molecule has 0 aliphatic heterocycles. The number of hydrogen-bond donors (Lipinski definition) is 1. The number of hydrogen-bond acceptors (Lipinski definition) is 2. The first-order chi connectivity index (χ1) is 12.3. The Kier molecular flexibility index (Phi) is 6.47. The summed E-state index contributed by atoms with van der Waals surface area (Å²) in [6.07, 6.45) is -1.30. The number of carbonyl (C=O) groups is 1. The van der Waals surface area contributed by atoms with Crippen LogP contribution in [-0.2, 0) is 15.4 Å². The van der Waals surface area contributed by atoms with E-state index in [1.165, 1.54) is 6.07 Å². The van der Waals surface area contributed by atoms with Crippen molar-refractivity contribution in [3.8, 4) is 0 Å². The number of rotatable bonds is 4. The predicted octanol–water partition coefficient (Wildman–Crippen LogP) is 6.02. The van der Waals surface area contributed by atoms with Crippen molar-refractivity contribution >= 4 is 19.9 Å². The van der Waals surface area contributed by atoms with Gasteiger partial charge in [-0.15, -0.1) is 0 Å². The summed E-state index contributed by atoms with van der Waals surface area (Å²) in [5.74, 6) is -0.441. The number of amides is 1. The summed E-state index contributed by atoms with van der Waals surface area (Å²) in [6.45, 7) is 11.0. The minimum Gasteiger partial charge on any atom is -0.414 e. The lowest BCUT2D eigenvalue weighted by molar-refractivity contribution is -0.137. The van der Waals surface area contributed by atoms with Gasteiger partial charge in [-0.2, -0.15) is 13.2 Å². The zero-order chi connectivity index (χ0) is 20.5. The summed E-state index contributed by atoms with van der Waals surface area (Å²) in [5, 5.41) is 2.72. The van der Waals surface area contributed by atoms with Gasteiger partial charge in [-0.25, -0.2) is 0 Å². The molecular formula is C20H29F3NO2Si. The highest BCUT2D eigenvalue weighted by Crippen LogP contribution is 2.40. The molecule has 1 saturated carbocycles. The third-order valence-electron chi connectivity index (χ3n) is 5.70. The molecule has 0 bridgehead atoms. The molecule has 0 atom stereocenters. The Hall–Kier alpha value is -1.34. The molecule has 3 nitrogen and oxygen atoms in total. The molecule has 1 amide bonds. The van der Waals surface area contributed by atoms with E-state index in [1.54, 1.807) is 0 Å². The predicted molar refractivity (Wildman–Crippen MR) is 103 cm³/mol. The second-order valence-corrected chi connectivity index (χ2v) is 13.6.